The summed E-state index contributed by atoms with van der Waals surface area (Å²) in [4.78, 5) is 15.0. The van der Waals surface area contributed by atoms with Gasteiger partial charge < -0.3 is 19.5 Å². The Labute approximate surface area is 152 Å². The van der Waals surface area contributed by atoms with Gasteiger partial charge in [0, 0.05) is 32.3 Å². The number of carbonyl (C=O) groups excluding carboxylic acids is 1. The quantitative estimate of drug-likeness (QED) is 0.907. The minimum Gasteiger partial charge on any atom is -0.508 e. The first kappa shape index (κ1) is 17.1. The van der Waals surface area contributed by atoms with Crippen LogP contribution >= 0.6 is 0 Å². The van der Waals surface area contributed by atoms with Crippen molar-refractivity contribution in [2.45, 2.75) is 18.4 Å². The summed E-state index contributed by atoms with van der Waals surface area (Å²) in [7, 11) is 1.84. The molecule has 7 nitrogen and oxygen atoms in total. The summed E-state index contributed by atoms with van der Waals surface area (Å²) >= 11 is 0. The number of aromatic hydroxyl groups is 1. The Kier molecular flexibility index (Phi) is 4.65. The monoisotopic (exact) mass is 357 g/mol. The molecule has 26 heavy (non-hydrogen) atoms. The van der Waals surface area contributed by atoms with E-state index < -0.39 is 0 Å². The molecule has 0 radical (unpaired) electrons. The topological polar surface area (TPSA) is 76.8 Å². The second-order valence-electron chi connectivity index (χ2n) is 6.87. The number of aromatic nitrogens is 2. The van der Waals surface area contributed by atoms with E-state index in [1.165, 1.54) is 0 Å². The van der Waals surface area contributed by atoms with Gasteiger partial charge in [0.15, 0.2) is 0 Å². The number of ether oxygens (including phenoxy) is 2. The molecule has 2 aliphatic heterocycles. The van der Waals surface area contributed by atoms with Gasteiger partial charge in [-0.2, -0.15) is 5.10 Å². The van der Waals surface area contributed by atoms with E-state index in [1.54, 1.807) is 29.1 Å². The fourth-order valence-electron chi connectivity index (χ4n) is 3.65. The minimum atomic E-state index is -0.241. The Bertz CT molecular complexity index is 798. The van der Waals surface area contributed by atoms with E-state index in [9.17, 15) is 9.90 Å². The molecule has 2 fully saturated rings. The molecular formula is C19H23N3O4. The Hall–Kier alpha value is -2.38. The molecule has 7 heteroatoms. The second-order valence-corrected chi connectivity index (χ2v) is 6.87. The number of phenolic OH excluding ortho intramolecular Hbond substituents is 1. The van der Waals surface area contributed by atoms with Gasteiger partial charge >= 0.3 is 0 Å². The fourth-order valence-corrected chi connectivity index (χ4v) is 3.65. The molecule has 4 rings (SSSR count). The van der Waals surface area contributed by atoms with Gasteiger partial charge in [-0.1, -0.05) is 12.1 Å². The lowest BCUT2D eigenvalue weighted by Crippen LogP contribution is -2.42. The van der Waals surface area contributed by atoms with Crippen LogP contribution in [-0.4, -0.2) is 58.6 Å². The summed E-state index contributed by atoms with van der Waals surface area (Å²) in [6.45, 7) is 2.80. The number of hydrogen-bond donors (Lipinski definition) is 1. The van der Waals surface area contributed by atoms with Crippen molar-refractivity contribution < 1.29 is 19.4 Å². The van der Waals surface area contributed by atoms with Crippen molar-refractivity contribution >= 4 is 5.91 Å². The van der Waals surface area contributed by atoms with Crippen molar-refractivity contribution in [2.75, 3.05) is 32.9 Å². The molecule has 0 bridgehead atoms. The van der Waals surface area contributed by atoms with Gasteiger partial charge in [-0.3, -0.25) is 9.48 Å². The predicted octanol–water partition coefficient (Wildman–Crippen LogP) is 1.84. The number of carbonyl (C=O) groups is 1. The molecule has 0 saturated carbocycles. The van der Waals surface area contributed by atoms with Crippen molar-refractivity contribution in [3.63, 3.8) is 0 Å². The highest BCUT2D eigenvalue weighted by Crippen LogP contribution is 2.29. The Balaban J connectivity index is 1.55. The molecule has 2 unspecified atom stereocenters. The largest absolute Gasteiger partial charge is 0.508 e. The first-order valence-corrected chi connectivity index (χ1v) is 8.93. The summed E-state index contributed by atoms with van der Waals surface area (Å²) in [6, 6.07) is 7.00. The highest BCUT2D eigenvalue weighted by Gasteiger charge is 2.31. The minimum absolute atomic E-state index is 0.0200. The maximum absolute atomic E-state index is 13.2. The van der Waals surface area contributed by atoms with Gasteiger partial charge in [0.25, 0.3) is 5.91 Å². The van der Waals surface area contributed by atoms with E-state index in [-0.39, 0.29) is 23.7 Å². The van der Waals surface area contributed by atoms with Crippen LogP contribution in [0.5, 0.6) is 5.75 Å². The van der Waals surface area contributed by atoms with Crippen molar-refractivity contribution in [3.05, 3.63) is 47.3 Å². The lowest BCUT2D eigenvalue weighted by Gasteiger charge is -2.33. The van der Waals surface area contributed by atoms with E-state index in [4.69, 9.17) is 9.47 Å². The smallest absolute Gasteiger partial charge is 0.257 e. The standard InChI is InChI=1S/C19H23N3O4/c1-21-10-16(18(20-21)14-5-7-25-12-14)19(24)22-6-8-26-17(11-22)13-3-2-4-15(23)9-13/h2-4,9-10,14,17,23H,5-8,11-12H2,1H3. The van der Waals surface area contributed by atoms with Gasteiger partial charge in [-0.25, -0.2) is 0 Å². The van der Waals surface area contributed by atoms with Gasteiger partial charge in [-0.15, -0.1) is 0 Å². The van der Waals surface area contributed by atoms with E-state index >= 15 is 0 Å². The Morgan fingerprint density at radius 1 is 1.35 bits per heavy atom. The maximum Gasteiger partial charge on any atom is 0.257 e. The summed E-state index contributed by atoms with van der Waals surface area (Å²) in [5.74, 6) is 0.358. The van der Waals surface area contributed by atoms with Crippen LogP contribution in [-0.2, 0) is 16.5 Å². The Morgan fingerprint density at radius 3 is 3.00 bits per heavy atom. The van der Waals surface area contributed by atoms with Crippen LogP contribution in [0.25, 0.3) is 0 Å². The third kappa shape index (κ3) is 3.32. The molecule has 1 aromatic carbocycles. The zero-order valence-electron chi connectivity index (χ0n) is 14.8. The van der Waals surface area contributed by atoms with E-state index in [0.717, 1.165) is 17.7 Å². The zero-order chi connectivity index (χ0) is 18.1. The number of benzene rings is 1. The van der Waals surface area contributed by atoms with Crippen LogP contribution in [0.15, 0.2) is 30.5 Å². The van der Waals surface area contributed by atoms with Gasteiger partial charge in [0.05, 0.1) is 31.0 Å². The number of morpholine rings is 1. The molecule has 1 aromatic heterocycles. The van der Waals surface area contributed by atoms with Gasteiger partial charge in [-0.05, 0) is 24.1 Å². The van der Waals surface area contributed by atoms with Crippen LogP contribution in [0.2, 0.25) is 0 Å². The van der Waals surface area contributed by atoms with Crippen LogP contribution in [0.4, 0.5) is 0 Å². The number of rotatable bonds is 3. The first-order valence-electron chi connectivity index (χ1n) is 8.93. The average molecular weight is 357 g/mol. The van der Waals surface area contributed by atoms with Gasteiger partial charge in [0.2, 0.25) is 0 Å². The molecule has 1 N–H and O–H groups in total. The third-order valence-electron chi connectivity index (χ3n) is 5.00. The lowest BCUT2D eigenvalue weighted by molar-refractivity contribution is -0.0229. The number of phenols is 1. The summed E-state index contributed by atoms with van der Waals surface area (Å²) < 4.78 is 13.0. The molecule has 2 aliphatic rings. The van der Waals surface area contributed by atoms with E-state index in [2.05, 4.69) is 5.10 Å². The highest BCUT2D eigenvalue weighted by atomic mass is 16.5. The molecule has 138 valence electrons. The van der Waals surface area contributed by atoms with Crippen molar-refractivity contribution in [3.8, 4) is 5.75 Å². The SMILES string of the molecule is Cn1cc(C(=O)N2CCOC(c3cccc(O)c3)C2)c(C2CCOC2)n1. The van der Waals surface area contributed by atoms with Crippen LogP contribution in [0.3, 0.4) is 0 Å². The molecule has 1 amide bonds. The molecule has 2 atom stereocenters. The molecule has 0 spiro atoms. The predicted molar refractivity (Wildman–Crippen MR) is 94.1 cm³/mol. The van der Waals surface area contributed by atoms with E-state index in [0.29, 0.717) is 38.5 Å². The summed E-state index contributed by atoms with van der Waals surface area (Å²) in [5.41, 5.74) is 2.35. The highest BCUT2D eigenvalue weighted by molar-refractivity contribution is 5.95. The average Bonchev–Trinajstić information content (AvgIpc) is 3.30. The number of amides is 1. The number of aryl methyl sites for hydroxylation is 1. The first-order chi connectivity index (χ1) is 12.6. The zero-order valence-corrected chi connectivity index (χ0v) is 14.8. The summed E-state index contributed by atoms with van der Waals surface area (Å²) in [6.07, 6.45) is 2.45. The Morgan fingerprint density at radius 2 is 2.23 bits per heavy atom. The van der Waals surface area contributed by atoms with Crippen LogP contribution in [0, 0.1) is 0 Å². The van der Waals surface area contributed by atoms with Crippen molar-refractivity contribution in [1.82, 2.24) is 14.7 Å². The number of hydrogen-bond acceptors (Lipinski definition) is 5. The maximum atomic E-state index is 13.2. The molecule has 2 aromatic rings. The van der Waals surface area contributed by atoms with Crippen LogP contribution < -0.4 is 0 Å². The molecular weight excluding hydrogens is 334 g/mol. The van der Waals surface area contributed by atoms with E-state index in [1.807, 2.05) is 18.0 Å². The lowest BCUT2D eigenvalue weighted by atomic mass is 10.00. The third-order valence-corrected chi connectivity index (χ3v) is 5.00. The van der Waals surface area contributed by atoms with Crippen LogP contribution in [0.1, 0.15) is 40.1 Å². The molecule has 2 saturated heterocycles. The van der Waals surface area contributed by atoms with Crippen molar-refractivity contribution in [2.24, 2.45) is 7.05 Å². The van der Waals surface area contributed by atoms with Crippen molar-refractivity contribution in [1.29, 1.82) is 0 Å². The fraction of sp³-hybridized carbons (Fsp3) is 0.474. The summed E-state index contributed by atoms with van der Waals surface area (Å²) in [5, 5.41) is 14.2. The van der Waals surface area contributed by atoms with Gasteiger partial charge in [0.1, 0.15) is 11.9 Å². The normalized spacial score (nSPS) is 23.3. The second kappa shape index (κ2) is 7.09. The number of nitrogens with zero attached hydrogens (tertiary/aromatic N) is 3. The molecule has 3 heterocycles. The molecule has 0 aliphatic carbocycles.